The Morgan fingerprint density at radius 2 is 1.91 bits per heavy atom. The molecule has 2 aromatic heterocycles. The molecule has 3 rings (SSSR count). The number of benzene rings is 1. The van der Waals surface area contributed by atoms with Gasteiger partial charge in [-0.2, -0.15) is 0 Å². The van der Waals surface area contributed by atoms with Crippen LogP contribution < -0.4 is 5.32 Å². The van der Waals surface area contributed by atoms with Crippen molar-refractivity contribution in [2.24, 2.45) is 7.05 Å². The third-order valence-corrected chi connectivity index (χ3v) is 3.62. The topological polar surface area (TPSA) is 72.7 Å². The largest absolute Gasteiger partial charge is 0.346 e. The van der Waals surface area contributed by atoms with Crippen LogP contribution in [0.2, 0.25) is 0 Å². The zero-order chi connectivity index (χ0) is 16.2. The predicted molar refractivity (Wildman–Crippen MR) is 86.6 cm³/mol. The van der Waals surface area contributed by atoms with Crippen molar-refractivity contribution in [3.8, 4) is 11.1 Å². The lowest BCUT2D eigenvalue weighted by Gasteiger charge is -2.07. The average molecular weight is 307 g/mol. The standard InChI is InChI=1S/C17H17N5O/c1-12-3-5-13(6-4-12)14-7-15(9-18-8-14)17(23)19-10-16-11-20-21-22(16)2/h3-9,11H,10H2,1-2H3,(H,19,23). The van der Waals surface area contributed by atoms with Crippen LogP contribution in [0.1, 0.15) is 21.6 Å². The Balaban J connectivity index is 1.75. The van der Waals surface area contributed by atoms with Crippen molar-refractivity contribution in [2.45, 2.75) is 13.5 Å². The van der Waals surface area contributed by atoms with E-state index in [-0.39, 0.29) is 5.91 Å². The summed E-state index contributed by atoms with van der Waals surface area (Å²) in [6, 6.07) is 9.97. The van der Waals surface area contributed by atoms with Crippen LogP contribution in [-0.2, 0) is 13.6 Å². The van der Waals surface area contributed by atoms with Crippen molar-refractivity contribution < 1.29 is 4.79 Å². The van der Waals surface area contributed by atoms with E-state index in [1.54, 1.807) is 30.3 Å². The van der Waals surface area contributed by atoms with Gasteiger partial charge in [0, 0.05) is 25.0 Å². The number of aryl methyl sites for hydroxylation is 2. The van der Waals surface area contributed by atoms with Crippen molar-refractivity contribution >= 4 is 5.91 Å². The van der Waals surface area contributed by atoms with E-state index in [1.807, 2.05) is 37.3 Å². The number of carbonyl (C=O) groups excluding carboxylic acids is 1. The first kappa shape index (κ1) is 14.9. The van der Waals surface area contributed by atoms with Crippen molar-refractivity contribution in [3.63, 3.8) is 0 Å². The minimum absolute atomic E-state index is 0.173. The second kappa shape index (κ2) is 6.39. The van der Waals surface area contributed by atoms with Crippen LogP contribution in [0.5, 0.6) is 0 Å². The maximum atomic E-state index is 12.3. The third kappa shape index (κ3) is 3.42. The first-order valence-corrected chi connectivity index (χ1v) is 7.27. The van der Waals surface area contributed by atoms with E-state index < -0.39 is 0 Å². The van der Waals surface area contributed by atoms with Crippen LogP contribution in [0.25, 0.3) is 11.1 Å². The highest BCUT2D eigenvalue weighted by molar-refractivity contribution is 5.95. The second-order valence-electron chi connectivity index (χ2n) is 5.36. The molecule has 0 atom stereocenters. The highest BCUT2D eigenvalue weighted by Crippen LogP contribution is 2.19. The van der Waals surface area contributed by atoms with E-state index in [9.17, 15) is 4.79 Å². The van der Waals surface area contributed by atoms with Gasteiger partial charge >= 0.3 is 0 Å². The van der Waals surface area contributed by atoms with E-state index >= 15 is 0 Å². The summed E-state index contributed by atoms with van der Waals surface area (Å²) in [5, 5.41) is 10.5. The van der Waals surface area contributed by atoms with Gasteiger partial charge < -0.3 is 5.32 Å². The lowest BCUT2D eigenvalue weighted by molar-refractivity contribution is 0.0949. The molecule has 1 amide bonds. The third-order valence-electron chi connectivity index (χ3n) is 3.62. The monoisotopic (exact) mass is 307 g/mol. The summed E-state index contributed by atoms with van der Waals surface area (Å²) >= 11 is 0. The number of carbonyl (C=O) groups is 1. The Morgan fingerprint density at radius 1 is 1.13 bits per heavy atom. The molecule has 0 spiro atoms. The van der Waals surface area contributed by atoms with Crippen LogP contribution in [0.15, 0.2) is 48.9 Å². The summed E-state index contributed by atoms with van der Waals surface area (Å²) in [5.74, 6) is -0.173. The first-order chi connectivity index (χ1) is 11.1. The number of amides is 1. The molecule has 6 nitrogen and oxygen atoms in total. The zero-order valence-corrected chi connectivity index (χ0v) is 13.0. The van der Waals surface area contributed by atoms with Crippen molar-refractivity contribution in [1.82, 2.24) is 25.3 Å². The normalized spacial score (nSPS) is 10.5. The van der Waals surface area contributed by atoms with Crippen LogP contribution in [0.3, 0.4) is 0 Å². The van der Waals surface area contributed by atoms with Crippen LogP contribution >= 0.6 is 0 Å². The van der Waals surface area contributed by atoms with Gasteiger partial charge in [-0.3, -0.25) is 14.5 Å². The van der Waals surface area contributed by atoms with Crippen molar-refractivity contribution in [1.29, 1.82) is 0 Å². The van der Waals surface area contributed by atoms with E-state index in [0.717, 1.165) is 16.8 Å². The smallest absolute Gasteiger partial charge is 0.253 e. The summed E-state index contributed by atoms with van der Waals surface area (Å²) in [4.78, 5) is 16.5. The number of nitrogens with zero attached hydrogens (tertiary/aromatic N) is 4. The molecule has 0 unspecified atom stereocenters. The number of hydrogen-bond donors (Lipinski definition) is 1. The van der Waals surface area contributed by atoms with Gasteiger partial charge in [-0.25, -0.2) is 0 Å². The second-order valence-corrected chi connectivity index (χ2v) is 5.36. The molecule has 0 bridgehead atoms. The Morgan fingerprint density at radius 3 is 2.61 bits per heavy atom. The molecule has 0 saturated heterocycles. The summed E-state index contributed by atoms with van der Waals surface area (Å²) in [6.07, 6.45) is 4.95. The fourth-order valence-corrected chi connectivity index (χ4v) is 2.21. The first-order valence-electron chi connectivity index (χ1n) is 7.27. The summed E-state index contributed by atoms with van der Waals surface area (Å²) in [7, 11) is 1.79. The molecular formula is C17H17N5O. The molecule has 0 aliphatic rings. The SMILES string of the molecule is Cc1ccc(-c2cncc(C(=O)NCc3cnnn3C)c2)cc1. The Kier molecular flexibility index (Phi) is 4.14. The summed E-state index contributed by atoms with van der Waals surface area (Å²) in [5.41, 5.74) is 4.51. The van der Waals surface area contributed by atoms with Gasteiger partial charge in [-0.05, 0) is 18.6 Å². The molecule has 3 aromatic rings. The van der Waals surface area contributed by atoms with Crippen molar-refractivity contribution in [3.05, 3.63) is 65.7 Å². The zero-order valence-electron chi connectivity index (χ0n) is 13.0. The molecule has 0 aliphatic heterocycles. The molecule has 116 valence electrons. The van der Waals surface area contributed by atoms with Crippen LogP contribution in [0, 0.1) is 6.92 Å². The molecule has 2 heterocycles. The highest BCUT2D eigenvalue weighted by Gasteiger charge is 2.09. The number of hydrogen-bond acceptors (Lipinski definition) is 4. The fraction of sp³-hybridized carbons (Fsp3) is 0.176. The molecular weight excluding hydrogens is 290 g/mol. The minimum Gasteiger partial charge on any atom is -0.346 e. The van der Waals surface area contributed by atoms with Gasteiger partial charge in [0.05, 0.1) is 24.0 Å². The minimum atomic E-state index is -0.173. The van der Waals surface area contributed by atoms with E-state index in [2.05, 4.69) is 20.6 Å². The van der Waals surface area contributed by atoms with Gasteiger partial charge in [0.1, 0.15) is 0 Å². The van der Waals surface area contributed by atoms with E-state index in [4.69, 9.17) is 0 Å². The van der Waals surface area contributed by atoms with Gasteiger partial charge in [0.15, 0.2) is 0 Å². The molecule has 0 radical (unpaired) electrons. The molecule has 1 N–H and O–H groups in total. The average Bonchev–Trinajstić information content (AvgIpc) is 2.98. The maximum absolute atomic E-state index is 12.3. The highest BCUT2D eigenvalue weighted by atomic mass is 16.1. The molecule has 23 heavy (non-hydrogen) atoms. The number of rotatable bonds is 4. The van der Waals surface area contributed by atoms with E-state index in [1.165, 1.54) is 5.56 Å². The Labute approximate surface area is 134 Å². The Bertz CT molecular complexity index is 823. The quantitative estimate of drug-likeness (QED) is 0.801. The van der Waals surface area contributed by atoms with E-state index in [0.29, 0.717) is 12.1 Å². The number of nitrogens with one attached hydrogen (secondary N) is 1. The van der Waals surface area contributed by atoms with Crippen LogP contribution in [0.4, 0.5) is 0 Å². The van der Waals surface area contributed by atoms with Gasteiger partial charge in [0.2, 0.25) is 0 Å². The number of pyridine rings is 1. The lowest BCUT2D eigenvalue weighted by Crippen LogP contribution is -2.24. The maximum Gasteiger partial charge on any atom is 0.253 e. The van der Waals surface area contributed by atoms with Gasteiger partial charge in [-0.15, -0.1) is 5.10 Å². The predicted octanol–water partition coefficient (Wildman–Crippen LogP) is 2.12. The summed E-state index contributed by atoms with van der Waals surface area (Å²) < 4.78 is 1.63. The van der Waals surface area contributed by atoms with Gasteiger partial charge in [-0.1, -0.05) is 35.0 Å². The van der Waals surface area contributed by atoms with Crippen LogP contribution in [-0.4, -0.2) is 25.9 Å². The lowest BCUT2D eigenvalue weighted by atomic mass is 10.0. The fourth-order valence-electron chi connectivity index (χ4n) is 2.21. The van der Waals surface area contributed by atoms with Gasteiger partial charge in [0.25, 0.3) is 5.91 Å². The Hall–Kier alpha value is -3.02. The number of aromatic nitrogens is 4. The van der Waals surface area contributed by atoms with Crippen molar-refractivity contribution in [2.75, 3.05) is 0 Å². The molecule has 0 saturated carbocycles. The molecule has 0 fully saturated rings. The molecule has 6 heteroatoms. The molecule has 0 aliphatic carbocycles. The summed E-state index contributed by atoms with van der Waals surface area (Å²) in [6.45, 7) is 2.41. The molecule has 1 aromatic carbocycles.